The number of amides is 1. The van der Waals surface area contributed by atoms with Crippen molar-refractivity contribution in [2.24, 2.45) is 0 Å². The fraction of sp³-hybridized carbons (Fsp3) is 0.452. The van der Waals surface area contributed by atoms with Gasteiger partial charge in [-0.2, -0.15) is 22.9 Å². The van der Waals surface area contributed by atoms with Crippen LogP contribution in [0, 0.1) is 0 Å². The second kappa shape index (κ2) is 11.0. The summed E-state index contributed by atoms with van der Waals surface area (Å²) in [6.45, 7) is 7.44. The first-order chi connectivity index (χ1) is 20.4. The number of benzene rings is 1. The molecule has 5 heterocycles. The molecule has 2 aromatic rings. The molecule has 1 atom stereocenters. The molecule has 4 aliphatic rings. The molecule has 1 aromatic carbocycles. The van der Waals surface area contributed by atoms with Crippen molar-refractivity contribution < 1.29 is 32.1 Å². The van der Waals surface area contributed by atoms with Crippen LogP contribution in [0.3, 0.4) is 0 Å². The Morgan fingerprint density at radius 2 is 1.79 bits per heavy atom. The van der Waals surface area contributed by atoms with E-state index in [2.05, 4.69) is 10.1 Å². The number of alkyl halides is 3. The lowest BCUT2D eigenvalue weighted by Crippen LogP contribution is -2.56. The number of aromatic nitrogens is 2. The lowest BCUT2D eigenvalue weighted by molar-refractivity contribution is -0.949. The normalized spacial score (nSPS) is 23.2. The van der Waals surface area contributed by atoms with Crippen LogP contribution in [0.15, 0.2) is 71.6 Å². The smallest absolute Gasteiger partial charge is 0.435 e. The zero-order valence-electron chi connectivity index (χ0n) is 24.4. The summed E-state index contributed by atoms with van der Waals surface area (Å²) in [6, 6.07) is 10.1. The number of rotatable bonds is 5. The average molecular weight is 615 g/mol. The van der Waals surface area contributed by atoms with Gasteiger partial charge in [0, 0.05) is 43.1 Å². The van der Waals surface area contributed by atoms with Crippen LogP contribution in [-0.2, 0) is 20.5 Å². The first-order valence-corrected chi connectivity index (χ1v) is 15.6. The van der Waals surface area contributed by atoms with E-state index in [9.17, 15) is 22.8 Å². The Morgan fingerprint density at radius 1 is 1.07 bits per heavy atom. The van der Waals surface area contributed by atoms with Crippen molar-refractivity contribution in [3.63, 3.8) is 0 Å². The first-order valence-electron chi connectivity index (χ1n) is 14.5. The molecule has 1 aromatic heterocycles. The zero-order valence-corrected chi connectivity index (χ0v) is 25.2. The molecule has 0 radical (unpaired) electrons. The SMILES string of the molecule is CC(C)(C)OC(=O)C1=C(C(=O)N2CCSC2)C[N@+]2(N3CCC(c4cc(C(F)(F)F)nn4-c4ccccc4)CC3)C=CC=C12. The van der Waals surface area contributed by atoms with Crippen LogP contribution in [-0.4, -0.2) is 79.6 Å². The summed E-state index contributed by atoms with van der Waals surface area (Å²) >= 11 is 1.68. The van der Waals surface area contributed by atoms with Crippen molar-refractivity contribution in [3.8, 4) is 5.69 Å². The summed E-state index contributed by atoms with van der Waals surface area (Å²) in [4.78, 5) is 29.1. The van der Waals surface area contributed by atoms with Crippen molar-refractivity contribution >= 4 is 23.6 Å². The Labute approximate surface area is 253 Å². The van der Waals surface area contributed by atoms with Crippen molar-refractivity contribution in [1.82, 2.24) is 19.7 Å². The minimum absolute atomic E-state index is 0.145. The summed E-state index contributed by atoms with van der Waals surface area (Å²) in [5, 5.41) is 6.16. The number of halogens is 3. The van der Waals surface area contributed by atoms with Crippen molar-refractivity contribution in [2.45, 2.75) is 51.3 Å². The van der Waals surface area contributed by atoms with Crippen LogP contribution in [0.25, 0.3) is 5.69 Å². The minimum Gasteiger partial charge on any atom is -0.456 e. The maximum atomic E-state index is 13.7. The molecule has 2 saturated heterocycles. The lowest BCUT2D eigenvalue weighted by Gasteiger charge is -2.43. The molecule has 43 heavy (non-hydrogen) atoms. The number of fused-ring (bicyclic) bond motifs is 1. The Balaban J connectivity index is 1.28. The van der Waals surface area contributed by atoms with Gasteiger partial charge >= 0.3 is 12.1 Å². The minimum atomic E-state index is -4.55. The fourth-order valence-electron chi connectivity index (χ4n) is 6.34. The Morgan fingerprint density at radius 3 is 2.42 bits per heavy atom. The van der Waals surface area contributed by atoms with E-state index >= 15 is 0 Å². The highest BCUT2D eigenvalue weighted by Gasteiger charge is 2.55. The van der Waals surface area contributed by atoms with Gasteiger partial charge in [0.05, 0.1) is 17.1 Å². The molecule has 8 nitrogen and oxygen atoms in total. The summed E-state index contributed by atoms with van der Waals surface area (Å²) in [7, 11) is 0. The molecule has 0 bridgehead atoms. The summed E-state index contributed by atoms with van der Waals surface area (Å²) < 4.78 is 48.6. The predicted molar refractivity (Wildman–Crippen MR) is 156 cm³/mol. The van der Waals surface area contributed by atoms with Crippen molar-refractivity contribution in [3.05, 3.63) is 83.0 Å². The number of esters is 1. The molecule has 228 valence electrons. The zero-order chi connectivity index (χ0) is 30.6. The van der Waals surface area contributed by atoms with E-state index in [0.29, 0.717) is 73.1 Å². The van der Waals surface area contributed by atoms with Gasteiger partial charge in [0.1, 0.15) is 23.9 Å². The quantitative estimate of drug-likeness (QED) is 0.332. The Hall–Kier alpha value is -3.35. The number of carbonyl (C=O) groups is 2. The lowest BCUT2D eigenvalue weighted by atomic mass is 9.93. The number of hydrogen-bond donors (Lipinski definition) is 0. The molecular formula is C31H35F3N5O3S+. The second-order valence-electron chi connectivity index (χ2n) is 12.3. The van der Waals surface area contributed by atoms with Gasteiger partial charge in [0.15, 0.2) is 11.4 Å². The molecule has 0 N–H and O–H groups in total. The fourth-order valence-corrected chi connectivity index (χ4v) is 7.28. The largest absolute Gasteiger partial charge is 0.456 e. The van der Waals surface area contributed by atoms with Gasteiger partial charge in [0.2, 0.25) is 0 Å². The number of ether oxygens (including phenoxy) is 1. The molecule has 4 aliphatic heterocycles. The molecule has 12 heteroatoms. The van der Waals surface area contributed by atoms with Gasteiger partial charge in [0.25, 0.3) is 5.91 Å². The molecule has 0 saturated carbocycles. The van der Waals surface area contributed by atoms with Gasteiger partial charge in [-0.15, -0.1) is 16.8 Å². The van der Waals surface area contributed by atoms with Crippen LogP contribution >= 0.6 is 11.8 Å². The third-order valence-corrected chi connectivity index (χ3v) is 9.25. The van der Waals surface area contributed by atoms with Crippen molar-refractivity contribution in [1.29, 1.82) is 0 Å². The highest BCUT2D eigenvalue weighted by molar-refractivity contribution is 7.99. The van der Waals surface area contributed by atoms with E-state index < -0.39 is 23.4 Å². The third kappa shape index (κ3) is 5.56. The average Bonchev–Trinajstić information content (AvgIpc) is 3.75. The topological polar surface area (TPSA) is 67.7 Å². The van der Waals surface area contributed by atoms with Crippen LogP contribution in [0.2, 0.25) is 0 Å². The number of hydrogen-bond acceptors (Lipinski definition) is 6. The number of thioether (sulfide) groups is 1. The van der Waals surface area contributed by atoms with Gasteiger partial charge in [-0.05, 0) is 57.9 Å². The van der Waals surface area contributed by atoms with E-state index in [1.54, 1.807) is 61.7 Å². The number of allylic oxidation sites excluding steroid dienone is 2. The molecule has 2 fully saturated rings. The standard InChI is InChI=1S/C31H35F3N5O3S/c1-30(2,3)42-29(41)27-23(28(40)36-15-17-43-20-36)19-39(16-7-10-25(27)39)37-13-11-21(12-14-37)24-18-26(31(32,33)34)35-38(24)22-8-5-4-6-9-22/h4-10,16,18,21H,11-15,17,19-20H2,1-3H3/q+1/t39-/m1/s1. The number of quaternary nitrogens is 1. The van der Waals surface area contributed by atoms with Gasteiger partial charge in [-0.3, -0.25) is 4.79 Å². The van der Waals surface area contributed by atoms with Gasteiger partial charge < -0.3 is 9.64 Å². The van der Waals surface area contributed by atoms with Crippen LogP contribution in [0.5, 0.6) is 0 Å². The highest BCUT2D eigenvalue weighted by Crippen LogP contribution is 2.45. The molecule has 0 aliphatic carbocycles. The highest BCUT2D eigenvalue weighted by atomic mass is 32.2. The number of carbonyl (C=O) groups excluding carboxylic acids is 2. The Kier molecular flexibility index (Phi) is 7.58. The third-order valence-electron chi connectivity index (χ3n) is 8.28. The predicted octanol–water partition coefficient (Wildman–Crippen LogP) is 5.40. The van der Waals surface area contributed by atoms with E-state index in [0.717, 1.165) is 5.75 Å². The summed E-state index contributed by atoms with van der Waals surface area (Å²) in [5.74, 6) is 0.624. The maximum absolute atomic E-state index is 13.7. The monoisotopic (exact) mass is 614 g/mol. The summed E-state index contributed by atoms with van der Waals surface area (Å²) in [6.07, 6.45) is 2.40. The molecular weight excluding hydrogens is 579 g/mol. The van der Waals surface area contributed by atoms with Gasteiger partial charge in [-0.1, -0.05) is 18.2 Å². The maximum Gasteiger partial charge on any atom is 0.435 e. The van der Waals surface area contributed by atoms with E-state index in [4.69, 9.17) is 4.74 Å². The summed E-state index contributed by atoms with van der Waals surface area (Å²) in [5.41, 5.74) is 0.949. The van der Waals surface area contributed by atoms with Crippen LogP contribution < -0.4 is 0 Å². The van der Waals surface area contributed by atoms with Crippen molar-refractivity contribution in [2.75, 3.05) is 37.8 Å². The van der Waals surface area contributed by atoms with Crippen LogP contribution in [0.4, 0.5) is 13.2 Å². The Bertz CT molecular complexity index is 1510. The second-order valence-corrected chi connectivity index (χ2v) is 13.3. The molecule has 1 amide bonds. The van der Waals surface area contributed by atoms with E-state index in [1.165, 1.54) is 10.7 Å². The first kappa shape index (κ1) is 29.7. The van der Waals surface area contributed by atoms with Crippen LogP contribution in [0.1, 0.15) is 50.9 Å². The van der Waals surface area contributed by atoms with Gasteiger partial charge in [-0.25, -0.2) is 9.48 Å². The number of para-hydroxylation sites is 1. The number of piperidine rings is 1. The van der Waals surface area contributed by atoms with E-state index in [-0.39, 0.29) is 16.4 Å². The molecule has 0 spiro atoms. The van der Waals surface area contributed by atoms with E-state index in [1.807, 2.05) is 24.4 Å². The molecule has 0 unspecified atom stereocenters. The molecule has 6 rings (SSSR count). The number of nitrogens with zero attached hydrogens (tertiary/aromatic N) is 5.